The van der Waals surface area contributed by atoms with Crippen molar-refractivity contribution in [3.8, 4) is 0 Å². The van der Waals surface area contributed by atoms with Gasteiger partial charge in [0, 0.05) is 17.7 Å². The summed E-state index contributed by atoms with van der Waals surface area (Å²) in [5, 5.41) is 0. The Morgan fingerprint density at radius 3 is 2.00 bits per heavy atom. The van der Waals surface area contributed by atoms with E-state index >= 15 is 0 Å². The number of carbonyl (C=O) groups excluding carboxylic acids is 1. The van der Waals surface area contributed by atoms with E-state index in [2.05, 4.69) is 0 Å². The average molecular weight is 307 g/mol. The maximum atomic E-state index is 12.0. The van der Waals surface area contributed by atoms with Gasteiger partial charge in [-0.15, -0.1) is 17.0 Å². The van der Waals surface area contributed by atoms with Gasteiger partial charge in [0.05, 0.1) is 0 Å². The minimum absolute atomic E-state index is 0. The zero-order chi connectivity index (χ0) is 12.3. The minimum Gasteiger partial charge on any atom is -0.287 e. The molecule has 2 aromatic rings. The van der Waals surface area contributed by atoms with E-state index in [1.165, 1.54) is 11.1 Å². The third-order valence-electron chi connectivity index (χ3n) is 2.76. The van der Waals surface area contributed by atoms with E-state index in [0.29, 0.717) is 6.54 Å². The maximum absolute atomic E-state index is 12.0. The molecule has 0 aliphatic rings. The number of rotatable bonds is 3. The molecule has 0 spiro atoms. The molecular formula is C15H17BrNO+. The van der Waals surface area contributed by atoms with Crippen LogP contribution in [0.15, 0.2) is 48.8 Å². The molecule has 18 heavy (non-hydrogen) atoms. The molecule has 3 heteroatoms. The smallest absolute Gasteiger partial charge is 0.227 e. The Morgan fingerprint density at radius 1 is 0.944 bits per heavy atom. The number of halogens is 1. The molecule has 1 heterocycles. The molecule has 0 aliphatic carbocycles. The first-order valence-corrected chi connectivity index (χ1v) is 5.71. The van der Waals surface area contributed by atoms with Gasteiger partial charge in [-0.1, -0.05) is 29.8 Å². The van der Waals surface area contributed by atoms with Gasteiger partial charge in [-0.25, -0.2) is 0 Å². The van der Waals surface area contributed by atoms with Gasteiger partial charge >= 0.3 is 0 Å². The van der Waals surface area contributed by atoms with Crippen molar-refractivity contribution in [2.75, 3.05) is 0 Å². The summed E-state index contributed by atoms with van der Waals surface area (Å²) in [5.74, 6) is 0.138. The average Bonchev–Trinajstić information content (AvgIpc) is 2.33. The third-order valence-corrected chi connectivity index (χ3v) is 2.76. The number of carbonyl (C=O) groups is 1. The van der Waals surface area contributed by atoms with Crippen molar-refractivity contribution in [3.05, 3.63) is 65.5 Å². The van der Waals surface area contributed by atoms with Gasteiger partial charge in [-0.2, -0.15) is 4.57 Å². The van der Waals surface area contributed by atoms with E-state index in [-0.39, 0.29) is 22.8 Å². The second-order valence-corrected chi connectivity index (χ2v) is 4.34. The van der Waals surface area contributed by atoms with E-state index in [1.807, 2.05) is 67.2 Å². The van der Waals surface area contributed by atoms with Gasteiger partial charge in [0.2, 0.25) is 12.3 Å². The second kappa shape index (κ2) is 6.45. The molecule has 2 rings (SSSR count). The van der Waals surface area contributed by atoms with Crippen molar-refractivity contribution >= 4 is 22.8 Å². The lowest BCUT2D eigenvalue weighted by Gasteiger charge is -1.99. The number of hydrogen-bond donors (Lipinski definition) is 0. The molecule has 0 amide bonds. The van der Waals surface area contributed by atoms with Crippen molar-refractivity contribution in [2.24, 2.45) is 0 Å². The predicted octanol–water partition coefficient (Wildman–Crippen LogP) is 3.05. The fraction of sp³-hybridized carbons (Fsp3) is 0.200. The molecule has 0 saturated heterocycles. The Labute approximate surface area is 118 Å². The van der Waals surface area contributed by atoms with E-state index in [1.54, 1.807) is 0 Å². The van der Waals surface area contributed by atoms with Crippen molar-refractivity contribution in [3.63, 3.8) is 0 Å². The Hall–Kier alpha value is -1.48. The molecule has 0 aliphatic heterocycles. The third kappa shape index (κ3) is 3.77. The van der Waals surface area contributed by atoms with Crippen LogP contribution >= 0.6 is 17.0 Å². The minimum atomic E-state index is 0. The standard InChI is InChI=1S/C15H16NO.BrH/c1-12-3-5-14(6-4-12)15(17)11-16-9-7-13(2)8-10-16;/h3-10H,11H2,1-2H3;1H/q+1;. The number of aryl methyl sites for hydroxylation is 2. The number of nitrogens with zero attached hydrogens (tertiary/aromatic N) is 1. The molecule has 0 fully saturated rings. The summed E-state index contributed by atoms with van der Waals surface area (Å²) in [7, 11) is 0. The highest BCUT2D eigenvalue weighted by molar-refractivity contribution is 8.93. The number of aromatic nitrogens is 1. The summed E-state index contributed by atoms with van der Waals surface area (Å²) in [5.41, 5.74) is 3.14. The topological polar surface area (TPSA) is 20.9 Å². The highest BCUT2D eigenvalue weighted by Crippen LogP contribution is 2.04. The van der Waals surface area contributed by atoms with Crippen molar-refractivity contribution in [1.29, 1.82) is 0 Å². The van der Waals surface area contributed by atoms with Gasteiger partial charge < -0.3 is 0 Å². The maximum Gasteiger partial charge on any atom is 0.227 e. The highest BCUT2D eigenvalue weighted by atomic mass is 79.9. The van der Waals surface area contributed by atoms with Gasteiger partial charge in [0.25, 0.3) is 0 Å². The van der Waals surface area contributed by atoms with Crippen LogP contribution in [-0.2, 0) is 6.54 Å². The summed E-state index contributed by atoms with van der Waals surface area (Å²) in [6, 6.07) is 11.7. The normalized spacial score (nSPS) is 9.67. The van der Waals surface area contributed by atoms with Crippen LogP contribution in [0.2, 0.25) is 0 Å². The number of Topliss-reactive ketones (excluding diaryl/α,β-unsaturated/α-hetero) is 1. The monoisotopic (exact) mass is 306 g/mol. The van der Waals surface area contributed by atoms with E-state index < -0.39 is 0 Å². The lowest BCUT2D eigenvalue weighted by molar-refractivity contribution is -0.683. The van der Waals surface area contributed by atoms with Crippen LogP contribution in [-0.4, -0.2) is 5.78 Å². The molecule has 0 atom stereocenters. The lowest BCUT2D eigenvalue weighted by Crippen LogP contribution is -2.37. The van der Waals surface area contributed by atoms with Crippen LogP contribution in [0.3, 0.4) is 0 Å². The molecule has 0 saturated carbocycles. The van der Waals surface area contributed by atoms with Crippen LogP contribution in [0.5, 0.6) is 0 Å². The van der Waals surface area contributed by atoms with Crippen LogP contribution in [0.1, 0.15) is 21.5 Å². The SMILES string of the molecule is Br.Cc1ccc(C(=O)C[n+]2ccc(C)cc2)cc1. The molecule has 0 unspecified atom stereocenters. The Balaban J connectivity index is 0.00000162. The lowest BCUT2D eigenvalue weighted by atomic mass is 10.1. The van der Waals surface area contributed by atoms with Gasteiger partial charge in [0.1, 0.15) is 0 Å². The molecule has 1 aromatic carbocycles. The number of pyridine rings is 1. The van der Waals surface area contributed by atoms with E-state index in [9.17, 15) is 4.79 Å². The first kappa shape index (κ1) is 14.6. The van der Waals surface area contributed by atoms with Crippen molar-refractivity contribution < 1.29 is 9.36 Å². The summed E-state index contributed by atoms with van der Waals surface area (Å²) in [6.07, 6.45) is 3.86. The zero-order valence-electron chi connectivity index (χ0n) is 10.6. The fourth-order valence-electron chi connectivity index (χ4n) is 1.63. The summed E-state index contributed by atoms with van der Waals surface area (Å²) in [6.45, 7) is 4.44. The molecule has 0 bridgehead atoms. The molecular weight excluding hydrogens is 290 g/mol. The quantitative estimate of drug-likeness (QED) is 0.631. The zero-order valence-corrected chi connectivity index (χ0v) is 12.3. The van der Waals surface area contributed by atoms with Gasteiger partial charge in [-0.05, 0) is 19.4 Å². The highest BCUT2D eigenvalue weighted by Gasteiger charge is 2.11. The summed E-state index contributed by atoms with van der Waals surface area (Å²) < 4.78 is 1.90. The van der Waals surface area contributed by atoms with E-state index in [0.717, 1.165) is 5.56 Å². The largest absolute Gasteiger partial charge is 0.287 e. The number of hydrogen-bond acceptors (Lipinski definition) is 1. The summed E-state index contributed by atoms with van der Waals surface area (Å²) in [4.78, 5) is 12.0. The van der Waals surface area contributed by atoms with E-state index in [4.69, 9.17) is 0 Å². The Kier molecular flexibility index (Phi) is 5.23. The van der Waals surface area contributed by atoms with Crippen molar-refractivity contribution in [2.45, 2.75) is 20.4 Å². The molecule has 2 nitrogen and oxygen atoms in total. The number of benzene rings is 1. The van der Waals surface area contributed by atoms with Gasteiger partial charge in [0.15, 0.2) is 12.4 Å². The first-order chi connectivity index (χ1) is 8.15. The molecule has 0 N–H and O–H groups in total. The summed E-state index contributed by atoms with van der Waals surface area (Å²) >= 11 is 0. The van der Waals surface area contributed by atoms with Crippen LogP contribution in [0.4, 0.5) is 0 Å². The van der Waals surface area contributed by atoms with Crippen LogP contribution in [0, 0.1) is 13.8 Å². The molecule has 0 radical (unpaired) electrons. The Bertz CT molecular complexity index is 517. The molecule has 1 aromatic heterocycles. The van der Waals surface area contributed by atoms with Crippen LogP contribution in [0.25, 0.3) is 0 Å². The predicted molar refractivity (Wildman–Crippen MR) is 77.2 cm³/mol. The molecule has 94 valence electrons. The fourth-order valence-corrected chi connectivity index (χ4v) is 1.63. The van der Waals surface area contributed by atoms with Crippen molar-refractivity contribution in [1.82, 2.24) is 0 Å². The number of ketones is 1. The van der Waals surface area contributed by atoms with Gasteiger partial charge in [-0.3, -0.25) is 4.79 Å². The van der Waals surface area contributed by atoms with Crippen LogP contribution < -0.4 is 4.57 Å². The second-order valence-electron chi connectivity index (χ2n) is 4.34. The Morgan fingerprint density at radius 2 is 1.44 bits per heavy atom. The first-order valence-electron chi connectivity index (χ1n) is 5.71.